The molecule has 0 saturated heterocycles. The standard InChI is InChI=1S/C10H8N4O3/c15-9(13-10-11-5-6-12-10)7-1-3-8(4-2-7)14(16)17/h1-6H,(H2,11,12,13,15). The van der Waals surface area contributed by atoms with Gasteiger partial charge in [-0.05, 0) is 12.1 Å². The Morgan fingerprint density at radius 3 is 2.59 bits per heavy atom. The Morgan fingerprint density at radius 2 is 2.06 bits per heavy atom. The molecule has 17 heavy (non-hydrogen) atoms. The number of rotatable bonds is 3. The molecule has 0 bridgehead atoms. The van der Waals surface area contributed by atoms with Gasteiger partial charge < -0.3 is 4.98 Å². The van der Waals surface area contributed by atoms with E-state index in [2.05, 4.69) is 15.3 Å². The fraction of sp³-hybridized carbons (Fsp3) is 0. The second kappa shape index (κ2) is 4.44. The molecule has 2 aromatic rings. The van der Waals surface area contributed by atoms with E-state index in [4.69, 9.17) is 0 Å². The van der Waals surface area contributed by atoms with Gasteiger partial charge in [0.15, 0.2) is 0 Å². The molecule has 1 aromatic carbocycles. The first-order valence-corrected chi connectivity index (χ1v) is 4.72. The highest BCUT2D eigenvalue weighted by molar-refractivity contribution is 6.03. The molecular formula is C10H8N4O3. The van der Waals surface area contributed by atoms with Crippen LogP contribution in [0.5, 0.6) is 0 Å². The summed E-state index contributed by atoms with van der Waals surface area (Å²) in [6.07, 6.45) is 3.08. The summed E-state index contributed by atoms with van der Waals surface area (Å²) in [7, 11) is 0. The van der Waals surface area contributed by atoms with Crippen molar-refractivity contribution >= 4 is 17.5 Å². The molecule has 2 N–H and O–H groups in total. The molecular weight excluding hydrogens is 224 g/mol. The largest absolute Gasteiger partial charge is 0.331 e. The number of nitro groups is 1. The number of nitrogens with zero attached hydrogens (tertiary/aromatic N) is 2. The molecule has 0 fully saturated rings. The van der Waals surface area contributed by atoms with E-state index in [1.54, 1.807) is 6.20 Å². The van der Waals surface area contributed by atoms with Crippen LogP contribution in [0.15, 0.2) is 36.7 Å². The van der Waals surface area contributed by atoms with Crippen LogP contribution in [0, 0.1) is 10.1 Å². The van der Waals surface area contributed by atoms with E-state index in [-0.39, 0.29) is 11.6 Å². The molecule has 86 valence electrons. The Balaban J connectivity index is 2.12. The lowest BCUT2D eigenvalue weighted by atomic mass is 10.2. The van der Waals surface area contributed by atoms with Crippen molar-refractivity contribution in [2.75, 3.05) is 5.32 Å². The number of non-ortho nitro benzene ring substituents is 1. The van der Waals surface area contributed by atoms with Crippen molar-refractivity contribution in [2.45, 2.75) is 0 Å². The van der Waals surface area contributed by atoms with Gasteiger partial charge in [0.1, 0.15) is 0 Å². The number of anilines is 1. The summed E-state index contributed by atoms with van der Waals surface area (Å²) in [5.41, 5.74) is 0.270. The molecule has 1 amide bonds. The van der Waals surface area contributed by atoms with Gasteiger partial charge >= 0.3 is 0 Å². The molecule has 0 aliphatic rings. The molecule has 0 aliphatic heterocycles. The van der Waals surface area contributed by atoms with Crippen molar-refractivity contribution in [3.8, 4) is 0 Å². The fourth-order valence-corrected chi connectivity index (χ4v) is 1.25. The quantitative estimate of drug-likeness (QED) is 0.619. The molecule has 0 radical (unpaired) electrons. The van der Waals surface area contributed by atoms with E-state index in [1.165, 1.54) is 30.5 Å². The molecule has 0 saturated carbocycles. The Morgan fingerprint density at radius 1 is 1.35 bits per heavy atom. The van der Waals surface area contributed by atoms with Crippen molar-refractivity contribution in [1.29, 1.82) is 0 Å². The van der Waals surface area contributed by atoms with Crippen LogP contribution < -0.4 is 5.32 Å². The van der Waals surface area contributed by atoms with E-state index >= 15 is 0 Å². The number of imidazole rings is 1. The highest BCUT2D eigenvalue weighted by Gasteiger charge is 2.10. The Bertz CT molecular complexity index is 533. The third kappa shape index (κ3) is 2.46. The van der Waals surface area contributed by atoms with Gasteiger partial charge in [0, 0.05) is 30.1 Å². The predicted octanol–water partition coefficient (Wildman–Crippen LogP) is 1.57. The summed E-state index contributed by atoms with van der Waals surface area (Å²) in [4.78, 5) is 28.1. The smallest absolute Gasteiger partial charge is 0.269 e. The lowest BCUT2D eigenvalue weighted by Crippen LogP contribution is -2.12. The van der Waals surface area contributed by atoms with Gasteiger partial charge in [-0.15, -0.1) is 0 Å². The monoisotopic (exact) mass is 232 g/mol. The number of hydrogen-bond acceptors (Lipinski definition) is 4. The molecule has 0 unspecified atom stereocenters. The van der Waals surface area contributed by atoms with Gasteiger partial charge in [0.05, 0.1) is 4.92 Å². The maximum Gasteiger partial charge on any atom is 0.269 e. The van der Waals surface area contributed by atoms with E-state index in [1.807, 2.05) is 0 Å². The number of aromatic amines is 1. The third-order valence-corrected chi connectivity index (χ3v) is 2.07. The van der Waals surface area contributed by atoms with Crippen LogP contribution in [-0.4, -0.2) is 20.8 Å². The average molecular weight is 232 g/mol. The fourth-order valence-electron chi connectivity index (χ4n) is 1.25. The van der Waals surface area contributed by atoms with Crippen LogP contribution >= 0.6 is 0 Å². The van der Waals surface area contributed by atoms with Crippen LogP contribution in [-0.2, 0) is 0 Å². The number of nitrogens with one attached hydrogen (secondary N) is 2. The first-order valence-electron chi connectivity index (χ1n) is 4.72. The van der Waals surface area contributed by atoms with E-state index in [0.29, 0.717) is 11.5 Å². The summed E-state index contributed by atoms with van der Waals surface area (Å²) in [5, 5.41) is 12.9. The maximum atomic E-state index is 11.7. The molecule has 0 atom stereocenters. The van der Waals surface area contributed by atoms with Gasteiger partial charge in [0.25, 0.3) is 11.6 Å². The van der Waals surface area contributed by atoms with Crippen molar-refractivity contribution in [3.63, 3.8) is 0 Å². The lowest BCUT2D eigenvalue weighted by molar-refractivity contribution is -0.384. The molecule has 0 spiro atoms. The second-order valence-corrected chi connectivity index (χ2v) is 3.20. The lowest BCUT2D eigenvalue weighted by Gasteiger charge is -2.01. The van der Waals surface area contributed by atoms with E-state index in [0.717, 1.165) is 0 Å². The van der Waals surface area contributed by atoms with Crippen LogP contribution in [0.1, 0.15) is 10.4 Å². The molecule has 2 rings (SSSR count). The normalized spacial score (nSPS) is 9.88. The average Bonchev–Trinajstić information content (AvgIpc) is 2.82. The van der Waals surface area contributed by atoms with Crippen LogP contribution in [0.25, 0.3) is 0 Å². The summed E-state index contributed by atoms with van der Waals surface area (Å²) < 4.78 is 0. The van der Waals surface area contributed by atoms with Crippen molar-refractivity contribution < 1.29 is 9.72 Å². The first kappa shape index (κ1) is 10.8. The number of aromatic nitrogens is 2. The number of carbonyl (C=O) groups excluding carboxylic acids is 1. The van der Waals surface area contributed by atoms with Gasteiger partial charge in [-0.1, -0.05) is 0 Å². The zero-order valence-electron chi connectivity index (χ0n) is 8.58. The number of hydrogen-bond donors (Lipinski definition) is 2. The third-order valence-electron chi connectivity index (χ3n) is 2.07. The Hall–Kier alpha value is -2.70. The first-order chi connectivity index (χ1) is 8.16. The van der Waals surface area contributed by atoms with Crippen LogP contribution in [0.3, 0.4) is 0 Å². The number of nitro benzene ring substituents is 1. The summed E-state index contributed by atoms with van der Waals surface area (Å²) >= 11 is 0. The molecule has 0 aliphatic carbocycles. The number of H-pyrrole nitrogens is 1. The minimum absolute atomic E-state index is 0.0560. The summed E-state index contributed by atoms with van der Waals surface area (Å²) in [6, 6.07) is 5.32. The van der Waals surface area contributed by atoms with Gasteiger partial charge in [-0.25, -0.2) is 4.98 Å². The summed E-state index contributed by atoms with van der Waals surface area (Å²) in [5.74, 6) is -0.0526. The van der Waals surface area contributed by atoms with Crippen LogP contribution in [0.2, 0.25) is 0 Å². The number of benzene rings is 1. The molecule has 1 heterocycles. The van der Waals surface area contributed by atoms with Gasteiger partial charge in [0.2, 0.25) is 5.95 Å². The highest BCUT2D eigenvalue weighted by Crippen LogP contribution is 2.12. The molecule has 1 aromatic heterocycles. The second-order valence-electron chi connectivity index (χ2n) is 3.20. The number of carbonyl (C=O) groups is 1. The highest BCUT2D eigenvalue weighted by atomic mass is 16.6. The van der Waals surface area contributed by atoms with E-state index < -0.39 is 4.92 Å². The van der Waals surface area contributed by atoms with Crippen molar-refractivity contribution in [3.05, 3.63) is 52.3 Å². The molecule has 7 nitrogen and oxygen atoms in total. The zero-order chi connectivity index (χ0) is 12.3. The van der Waals surface area contributed by atoms with Crippen molar-refractivity contribution in [1.82, 2.24) is 9.97 Å². The van der Waals surface area contributed by atoms with Gasteiger partial charge in [-0.2, -0.15) is 0 Å². The Kier molecular flexibility index (Phi) is 2.82. The van der Waals surface area contributed by atoms with Gasteiger partial charge in [-0.3, -0.25) is 20.2 Å². The van der Waals surface area contributed by atoms with E-state index in [9.17, 15) is 14.9 Å². The zero-order valence-corrected chi connectivity index (χ0v) is 8.58. The minimum atomic E-state index is -0.520. The summed E-state index contributed by atoms with van der Waals surface area (Å²) in [6.45, 7) is 0. The van der Waals surface area contributed by atoms with Crippen molar-refractivity contribution in [2.24, 2.45) is 0 Å². The predicted molar refractivity (Wildman–Crippen MR) is 59.6 cm³/mol. The maximum absolute atomic E-state index is 11.7. The number of amides is 1. The van der Waals surface area contributed by atoms with Crippen LogP contribution in [0.4, 0.5) is 11.6 Å². The minimum Gasteiger partial charge on any atom is -0.331 e. The molecule has 7 heteroatoms. The topological polar surface area (TPSA) is 101 Å². The SMILES string of the molecule is O=C(Nc1ncc[nH]1)c1ccc([N+](=O)[O-])cc1. The Labute approximate surface area is 95.6 Å².